The summed E-state index contributed by atoms with van der Waals surface area (Å²) in [5, 5.41) is 18.8. The monoisotopic (exact) mass is 276 g/mol. The second kappa shape index (κ2) is 3.32. The minimum atomic E-state index is -1.15. The maximum Gasteiger partial charge on any atom is 0.306 e. The van der Waals surface area contributed by atoms with Crippen LogP contribution in [0.2, 0.25) is 0 Å². The summed E-state index contributed by atoms with van der Waals surface area (Å²) < 4.78 is 0.950. The van der Waals surface area contributed by atoms with Crippen LogP contribution < -0.4 is 0 Å². The van der Waals surface area contributed by atoms with E-state index in [9.17, 15) is 9.90 Å². The fourth-order valence-electron chi connectivity index (χ4n) is 1.86. The number of aliphatic carboxylic acids is 1. The molecule has 2 rings (SSSR count). The van der Waals surface area contributed by atoms with E-state index in [1.165, 1.54) is 0 Å². The summed E-state index contributed by atoms with van der Waals surface area (Å²) in [5.74, 6) is -0.956. The van der Waals surface area contributed by atoms with Crippen LogP contribution in [0.4, 0.5) is 0 Å². The normalized spacial score (nSPS) is 25.0. The molecule has 1 aromatic rings. The van der Waals surface area contributed by atoms with Crippen molar-refractivity contribution in [2.24, 2.45) is 0 Å². The van der Waals surface area contributed by atoms with Crippen molar-refractivity contribution in [1.82, 2.24) is 0 Å². The van der Waals surface area contributed by atoms with E-state index in [2.05, 4.69) is 15.9 Å². The van der Waals surface area contributed by atoms with Gasteiger partial charge in [-0.2, -0.15) is 0 Å². The molecule has 14 heavy (non-hydrogen) atoms. The number of hydrogen-bond donors (Lipinski definition) is 2. The van der Waals surface area contributed by atoms with Crippen molar-refractivity contribution in [2.75, 3.05) is 0 Å². The standard InChI is InChI=1S/C9H9BrO3S/c10-7-3-5-6(14-7)1-2-9(5,13)4-8(11)12/h3,13H,1-2,4H2,(H,11,12). The van der Waals surface area contributed by atoms with Crippen LogP contribution in [0.3, 0.4) is 0 Å². The summed E-state index contributed by atoms with van der Waals surface area (Å²) in [4.78, 5) is 11.7. The zero-order valence-corrected chi connectivity index (χ0v) is 9.69. The molecule has 76 valence electrons. The van der Waals surface area contributed by atoms with Crippen LogP contribution >= 0.6 is 27.3 Å². The molecule has 1 atom stereocenters. The number of aryl methyl sites for hydroxylation is 1. The predicted octanol–water partition coefficient (Wildman–Crippen LogP) is 2.12. The van der Waals surface area contributed by atoms with Gasteiger partial charge in [-0.05, 0) is 40.4 Å². The highest BCUT2D eigenvalue weighted by atomic mass is 79.9. The zero-order chi connectivity index (χ0) is 10.3. The lowest BCUT2D eigenvalue weighted by molar-refractivity contribution is -0.142. The summed E-state index contributed by atoms with van der Waals surface area (Å²) in [6.45, 7) is 0. The molecule has 5 heteroatoms. The average Bonchev–Trinajstić information content (AvgIpc) is 2.52. The molecule has 0 fully saturated rings. The van der Waals surface area contributed by atoms with E-state index in [1.54, 1.807) is 11.3 Å². The second-order valence-corrected chi connectivity index (χ2v) is 6.01. The first-order chi connectivity index (χ1) is 6.51. The van der Waals surface area contributed by atoms with Crippen LogP contribution in [-0.4, -0.2) is 16.2 Å². The number of carbonyl (C=O) groups is 1. The molecule has 0 saturated heterocycles. The first-order valence-corrected chi connectivity index (χ1v) is 5.85. The molecule has 0 aliphatic heterocycles. The Labute approximate surface area is 93.5 Å². The van der Waals surface area contributed by atoms with Gasteiger partial charge in [0.2, 0.25) is 0 Å². The number of carboxylic acid groups (broad SMARTS) is 1. The van der Waals surface area contributed by atoms with Gasteiger partial charge in [-0.3, -0.25) is 4.79 Å². The van der Waals surface area contributed by atoms with Crippen LogP contribution in [0.15, 0.2) is 9.85 Å². The number of halogens is 1. The van der Waals surface area contributed by atoms with Crippen LogP contribution in [0, 0.1) is 0 Å². The van der Waals surface area contributed by atoms with Gasteiger partial charge < -0.3 is 10.2 Å². The number of fused-ring (bicyclic) bond motifs is 1. The highest BCUT2D eigenvalue weighted by Crippen LogP contribution is 2.44. The molecule has 1 aliphatic rings. The quantitative estimate of drug-likeness (QED) is 0.870. The Kier molecular flexibility index (Phi) is 2.41. The van der Waals surface area contributed by atoms with Crippen molar-refractivity contribution in [1.29, 1.82) is 0 Å². The van der Waals surface area contributed by atoms with Gasteiger partial charge in [0, 0.05) is 4.88 Å². The van der Waals surface area contributed by atoms with Crippen LogP contribution in [-0.2, 0) is 16.8 Å². The van der Waals surface area contributed by atoms with Gasteiger partial charge in [0.25, 0.3) is 0 Å². The summed E-state index contributed by atoms with van der Waals surface area (Å²) >= 11 is 4.91. The Balaban J connectivity index is 2.35. The van der Waals surface area contributed by atoms with Crippen molar-refractivity contribution in [3.8, 4) is 0 Å². The molecule has 0 radical (unpaired) electrons. The molecule has 1 heterocycles. The Morgan fingerprint density at radius 1 is 1.71 bits per heavy atom. The first kappa shape index (κ1) is 10.1. The third kappa shape index (κ3) is 1.60. The molecule has 0 amide bonds. The van der Waals surface area contributed by atoms with Gasteiger partial charge in [0.05, 0.1) is 10.2 Å². The second-order valence-electron chi connectivity index (χ2n) is 3.49. The topological polar surface area (TPSA) is 57.5 Å². The molecular weight excluding hydrogens is 268 g/mol. The van der Waals surface area contributed by atoms with Gasteiger partial charge in [0.15, 0.2) is 0 Å². The van der Waals surface area contributed by atoms with E-state index < -0.39 is 11.6 Å². The number of thiophene rings is 1. The molecule has 2 N–H and O–H groups in total. The van der Waals surface area contributed by atoms with Gasteiger partial charge in [-0.15, -0.1) is 11.3 Å². The van der Waals surface area contributed by atoms with Crippen molar-refractivity contribution in [2.45, 2.75) is 24.9 Å². The molecular formula is C9H9BrO3S. The Bertz CT molecular complexity index is 387. The SMILES string of the molecule is O=C(O)CC1(O)CCc2sc(Br)cc21. The third-order valence-corrected chi connectivity index (χ3v) is 4.19. The van der Waals surface area contributed by atoms with Crippen LogP contribution in [0.5, 0.6) is 0 Å². The van der Waals surface area contributed by atoms with E-state index in [0.717, 1.165) is 20.6 Å². The van der Waals surface area contributed by atoms with E-state index in [0.29, 0.717) is 6.42 Å². The Morgan fingerprint density at radius 2 is 2.43 bits per heavy atom. The Morgan fingerprint density at radius 3 is 3.07 bits per heavy atom. The van der Waals surface area contributed by atoms with E-state index >= 15 is 0 Å². The fourth-order valence-corrected chi connectivity index (χ4v) is 3.65. The molecule has 0 bridgehead atoms. The summed E-state index contributed by atoms with van der Waals surface area (Å²) in [5.41, 5.74) is -0.360. The number of rotatable bonds is 2. The van der Waals surface area contributed by atoms with Crippen molar-refractivity contribution >= 4 is 33.2 Å². The van der Waals surface area contributed by atoms with Crippen molar-refractivity contribution in [3.63, 3.8) is 0 Å². The minimum Gasteiger partial charge on any atom is -0.481 e. The molecule has 1 unspecified atom stereocenters. The highest BCUT2D eigenvalue weighted by molar-refractivity contribution is 9.11. The van der Waals surface area contributed by atoms with Gasteiger partial charge in [0.1, 0.15) is 5.60 Å². The molecule has 1 aliphatic carbocycles. The lowest BCUT2D eigenvalue weighted by Gasteiger charge is -2.20. The zero-order valence-electron chi connectivity index (χ0n) is 7.29. The first-order valence-electron chi connectivity index (χ1n) is 4.24. The largest absolute Gasteiger partial charge is 0.481 e. The van der Waals surface area contributed by atoms with Gasteiger partial charge in [-0.25, -0.2) is 0 Å². The van der Waals surface area contributed by atoms with Crippen molar-refractivity contribution < 1.29 is 15.0 Å². The molecule has 0 spiro atoms. The van der Waals surface area contributed by atoms with Crippen LogP contribution in [0.25, 0.3) is 0 Å². The maximum absolute atomic E-state index is 10.6. The lowest BCUT2D eigenvalue weighted by Crippen LogP contribution is -2.25. The summed E-state index contributed by atoms with van der Waals surface area (Å²) in [6, 6.07) is 1.83. The summed E-state index contributed by atoms with van der Waals surface area (Å²) in [6.07, 6.45) is 1.09. The smallest absolute Gasteiger partial charge is 0.306 e. The number of carboxylic acids is 1. The predicted molar refractivity (Wildman–Crippen MR) is 56.5 cm³/mol. The van der Waals surface area contributed by atoms with Crippen LogP contribution in [0.1, 0.15) is 23.3 Å². The summed E-state index contributed by atoms with van der Waals surface area (Å²) in [7, 11) is 0. The van der Waals surface area contributed by atoms with E-state index in [4.69, 9.17) is 5.11 Å². The van der Waals surface area contributed by atoms with Gasteiger partial charge >= 0.3 is 5.97 Å². The van der Waals surface area contributed by atoms with E-state index in [1.807, 2.05) is 6.07 Å². The Hall–Kier alpha value is -0.390. The molecule has 3 nitrogen and oxygen atoms in total. The lowest BCUT2D eigenvalue weighted by atomic mass is 9.94. The molecule has 1 aromatic heterocycles. The fraction of sp³-hybridized carbons (Fsp3) is 0.444. The average molecular weight is 277 g/mol. The molecule has 0 aromatic carbocycles. The third-order valence-electron chi connectivity index (χ3n) is 2.49. The van der Waals surface area contributed by atoms with Gasteiger partial charge in [-0.1, -0.05) is 0 Å². The maximum atomic E-state index is 10.6. The minimum absolute atomic E-state index is 0.205. The van der Waals surface area contributed by atoms with Crippen molar-refractivity contribution in [3.05, 3.63) is 20.3 Å². The molecule has 0 saturated carbocycles. The highest BCUT2D eigenvalue weighted by Gasteiger charge is 2.40. The number of aliphatic hydroxyl groups is 1. The van der Waals surface area contributed by atoms with E-state index in [-0.39, 0.29) is 6.42 Å². The number of hydrogen-bond acceptors (Lipinski definition) is 3.